The maximum absolute atomic E-state index is 12.4. The number of nitrogens with zero attached hydrogens (tertiary/aromatic N) is 2. The van der Waals surface area contributed by atoms with Crippen molar-refractivity contribution in [2.75, 3.05) is 0 Å². The summed E-state index contributed by atoms with van der Waals surface area (Å²) in [5.74, 6) is 0.0169. The Hall–Kier alpha value is -1.92. The molecule has 0 aliphatic rings. The third kappa shape index (κ3) is 4.38. The minimum Gasteiger partial charge on any atom is -0.351 e. The van der Waals surface area contributed by atoms with E-state index in [1.54, 1.807) is 17.7 Å². The van der Waals surface area contributed by atoms with Crippen LogP contribution in [-0.4, -0.2) is 21.1 Å². The molecule has 1 amide bonds. The van der Waals surface area contributed by atoms with Gasteiger partial charge in [-0.15, -0.1) is 11.3 Å². The predicted octanol–water partition coefficient (Wildman–Crippen LogP) is 4.36. The van der Waals surface area contributed by atoms with Gasteiger partial charge in [0.1, 0.15) is 16.2 Å². The highest BCUT2D eigenvalue weighted by molar-refractivity contribution is 8.00. The molecular weight excluding hydrogens is 350 g/mol. The van der Waals surface area contributed by atoms with Crippen LogP contribution in [0.25, 0.3) is 10.2 Å². The number of rotatable bonds is 6. The Morgan fingerprint density at radius 1 is 1.28 bits per heavy atom. The molecule has 2 heterocycles. The Balaban J connectivity index is 1.65. The zero-order valence-electron chi connectivity index (χ0n) is 14.6. The summed E-state index contributed by atoms with van der Waals surface area (Å²) < 4.78 is 0. The van der Waals surface area contributed by atoms with Gasteiger partial charge in [0.25, 0.3) is 0 Å². The van der Waals surface area contributed by atoms with Crippen LogP contribution in [0.4, 0.5) is 0 Å². The number of fused-ring (bicyclic) bond motifs is 1. The van der Waals surface area contributed by atoms with E-state index in [1.165, 1.54) is 22.2 Å². The van der Waals surface area contributed by atoms with Gasteiger partial charge in [0.05, 0.1) is 5.25 Å². The van der Waals surface area contributed by atoms with Gasteiger partial charge in [0.15, 0.2) is 0 Å². The van der Waals surface area contributed by atoms with E-state index in [4.69, 9.17) is 0 Å². The minimum absolute atomic E-state index is 0.0169. The molecule has 0 aliphatic heterocycles. The standard InChI is InChI=1S/C19H21N3OS2/c1-4-15-9-16-18(21-11-22-19(16)25-15)24-13(3)17(23)20-10-14-7-5-12(2)6-8-14/h5-9,11,13H,4,10H2,1-3H3,(H,20,23). The number of hydrogen-bond donors (Lipinski definition) is 1. The normalized spacial score (nSPS) is 12.3. The first-order valence-corrected chi connectivity index (χ1v) is 9.99. The van der Waals surface area contributed by atoms with E-state index in [0.717, 1.165) is 27.2 Å². The first-order chi connectivity index (χ1) is 12.1. The van der Waals surface area contributed by atoms with Crippen LogP contribution in [0.3, 0.4) is 0 Å². The van der Waals surface area contributed by atoms with Crippen LogP contribution in [0.2, 0.25) is 0 Å². The summed E-state index contributed by atoms with van der Waals surface area (Å²) in [6.45, 7) is 6.64. The van der Waals surface area contributed by atoms with Crippen LogP contribution in [0, 0.1) is 6.92 Å². The number of thiophene rings is 1. The maximum atomic E-state index is 12.4. The fourth-order valence-electron chi connectivity index (χ4n) is 2.41. The fraction of sp³-hybridized carbons (Fsp3) is 0.316. The summed E-state index contributed by atoms with van der Waals surface area (Å²) in [5.41, 5.74) is 2.32. The van der Waals surface area contributed by atoms with E-state index in [2.05, 4.69) is 47.3 Å². The van der Waals surface area contributed by atoms with Crippen LogP contribution >= 0.6 is 23.1 Å². The Morgan fingerprint density at radius 3 is 2.76 bits per heavy atom. The predicted molar refractivity (Wildman–Crippen MR) is 105 cm³/mol. The molecule has 2 aromatic heterocycles. The summed E-state index contributed by atoms with van der Waals surface area (Å²) in [7, 11) is 0. The lowest BCUT2D eigenvalue weighted by Crippen LogP contribution is -2.30. The van der Waals surface area contributed by atoms with Gasteiger partial charge in [0, 0.05) is 16.8 Å². The first kappa shape index (κ1) is 17.9. The fourth-order valence-corrected chi connectivity index (χ4v) is 4.33. The molecule has 1 atom stereocenters. The maximum Gasteiger partial charge on any atom is 0.233 e. The van der Waals surface area contributed by atoms with Crippen LogP contribution < -0.4 is 5.32 Å². The molecule has 0 spiro atoms. The van der Waals surface area contributed by atoms with Gasteiger partial charge in [-0.05, 0) is 31.9 Å². The summed E-state index contributed by atoms with van der Waals surface area (Å²) in [6.07, 6.45) is 2.56. The third-order valence-corrected chi connectivity index (χ3v) is 6.24. The van der Waals surface area contributed by atoms with Crippen molar-refractivity contribution in [2.45, 2.75) is 44.0 Å². The van der Waals surface area contributed by atoms with Crippen molar-refractivity contribution < 1.29 is 4.79 Å². The highest BCUT2D eigenvalue weighted by atomic mass is 32.2. The van der Waals surface area contributed by atoms with Crippen molar-refractivity contribution in [1.82, 2.24) is 15.3 Å². The van der Waals surface area contributed by atoms with Gasteiger partial charge < -0.3 is 5.32 Å². The molecule has 4 nitrogen and oxygen atoms in total. The Morgan fingerprint density at radius 2 is 2.04 bits per heavy atom. The minimum atomic E-state index is -0.214. The molecule has 0 saturated heterocycles. The number of aryl methyl sites for hydroxylation is 2. The van der Waals surface area contributed by atoms with E-state index in [1.807, 2.05) is 19.1 Å². The van der Waals surface area contributed by atoms with Crippen molar-refractivity contribution in [3.8, 4) is 0 Å². The molecule has 0 aliphatic carbocycles. The van der Waals surface area contributed by atoms with Gasteiger partial charge in [-0.1, -0.05) is 48.5 Å². The van der Waals surface area contributed by atoms with E-state index >= 15 is 0 Å². The van der Waals surface area contributed by atoms with Crippen LogP contribution in [-0.2, 0) is 17.8 Å². The molecule has 1 unspecified atom stereocenters. The Bertz CT molecular complexity index is 874. The second-order valence-corrected chi connectivity index (χ2v) is 8.37. The van der Waals surface area contributed by atoms with Crippen molar-refractivity contribution >= 4 is 39.2 Å². The molecule has 3 rings (SSSR count). The molecule has 1 aromatic carbocycles. The molecular formula is C19H21N3OS2. The lowest BCUT2D eigenvalue weighted by atomic mass is 10.1. The van der Waals surface area contributed by atoms with Crippen LogP contribution in [0.1, 0.15) is 29.9 Å². The van der Waals surface area contributed by atoms with Gasteiger partial charge >= 0.3 is 0 Å². The molecule has 0 bridgehead atoms. The average molecular weight is 372 g/mol. The number of aromatic nitrogens is 2. The number of thioether (sulfide) groups is 1. The Kier molecular flexibility index (Phi) is 5.71. The lowest BCUT2D eigenvalue weighted by Gasteiger charge is -2.12. The second-order valence-electron chi connectivity index (χ2n) is 5.93. The highest BCUT2D eigenvalue weighted by Crippen LogP contribution is 2.32. The molecule has 3 aromatic rings. The van der Waals surface area contributed by atoms with Crippen molar-refractivity contribution in [3.05, 3.63) is 52.7 Å². The SMILES string of the molecule is CCc1cc2c(SC(C)C(=O)NCc3ccc(C)cc3)ncnc2s1. The zero-order valence-corrected chi connectivity index (χ0v) is 16.2. The van der Waals surface area contributed by atoms with Gasteiger partial charge in [0.2, 0.25) is 5.91 Å². The molecule has 0 fully saturated rings. The van der Waals surface area contributed by atoms with Crippen molar-refractivity contribution in [1.29, 1.82) is 0 Å². The average Bonchev–Trinajstić information content (AvgIpc) is 3.05. The summed E-state index contributed by atoms with van der Waals surface area (Å²) in [4.78, 5) is 23.4. The largest absolute Gasteiger partial charge is 0.351 e. The third-order valence-electron chi connectivity index (χ3n) is 3.94. The number of hydrogen-bond acceptors (Lipinski definition) is 5. The smallest absolute Gasteiger partial charge is 0.233 e. The number of amides is 1. The molecule has 0 radical (unpaired) electrons. The van der Waals surface area contributed by atoms with E-state index in [-0.39, 0.29) is 11.2 Å². The van der Waals surface area contributed by atoms with E-state index in [0.29, 0.717) is 6.54 Å². The number of nitrogens with one attached hydrogen (secondary N) is 1. The van der Waals surface area contributed by atoms with Crippen LogP contribution in [0.5, 0.6) is 0 Å². The Labute approximate surface area is 156 Å². The van der Waals surface area contributed by atoms with Gasteiger partial charge in [-0.3, -0.25) is 4.79 Å². The molecule has 6 heteroatoms. The topological polar surface area (TPSA) is 54.9 Å². The second kappa shape index (κ2) is 7.97. The van der Waals surface area contributed by atoms with Crippen molar-refractivity contribution in [3.63, 3.8) is 0 Å². The molecule has 130 valence electrons. The quantitative estimate of drug-likeness (QED) is 0.517. The molecule has 1 N–H and O–H groups in total. The lowest BCUT2D eigenvalue weighted by molar-refractivity contribution is -0.120. The monoisotopic (exact) mass is 371 g/mol. The van der Waals surface area contributed by atoms with Gasteiger partial charge in [-0.25, -0.2) is 9.97 Å². The van der Waals surface area contributed by atoms with Crippen LogP contribution in [0.15, 0.2) is 41.7 Å². The summed E-state index contributed by atoms with van der Waals surface area (Å²) in [5, 5.41) is 4.71. The first-order valence-electron chi connectivity index (χ1n) is 8.30. The highest BCUT2D eigenvalue weighted by Gasteiger charge is 2.17. The summed E-state index contributed by atoms with van der Waals surface area (Å²) >= 11 is 3.18. The zero-order chi connectivity index (χ0) is 17.8. The molecule has 25 heavy (non-hydrogen) atoms. The van der Waals surface area contributed by atoms with Gasteiger partial charge in [-0.2, -0.15) is 0 Å². The molecule has 0 saturated carbocycles. The van der Waals surface area contributed by atoms with E-state index < -0.39 is 0 Å². The number of benzene rings is 1. The van der Waals surface area contributed by atoms with E-state index in [9.17, 15) is 4.79 Å². The number of carbonyl (C=O) groups excluding carboxylic acids is 1. The number of carbonyl (C=O) groups is 1. The van der Waals surface area contributed by atoms with Crippen molar-refractivity contribution in [2.24, 2.45) is 0 Å². The summed E-state index contributed by atoms with van der Waals surface area (Å²) in [6, 6.07) is 10.3.